The van der Waals surface area contributed by atoms with Crippen LogP contribution in [0.3, 0.4) is 0 Å². The normalized spacial score (nSPS) is 17.4. The summed E-state index contributed by atoms with van der Waals surface area (Å²) in [6.07, 6.45) is 2.66. The number of halogens is 1. The summed E-state index contributed by atoms with van der Waals surface area (Å²) in [5.41, 5.74) is 0.962. The van der Waals surface area contributed by atoms with E-state index in [4.69, 9.17) is 0 Å². The lowest BCUT2D eigenvalue weighted by molar-refractivity contribution is 0.484. The molecule has 1 rings (SSSR count). The summed E-state index contributed by atoms with van der Waals surface area (Å²) in [6.45, 7) is 8.02. The van der Waals surface area contributed by atoms with Crippen LogP contribution in [0.25, 0.3) is 0 Å². The third-order valence-electron chi connectivity index (χ3n) is 2.87. The molecule has 0 aliphatic rings. The van der Waals surface area contributed by atoms with E-state index in [1.807, 2.05) is 32.9 Å². The molecule has 0 spiro atoms. The first-order valence-corrected chi connectivity index (χ1v) is 8.95. The molecule has 6 heteroatoms. The van der Waals surface area contributed by atoms with E-state index in [2.05, 4.69) is 32.6 Å². The van der Waals surface area contributed by atoms with Crippen molar-refractivity contribution in [1.29, 1.82) is 0 Å². The third-order valence-corrected chi connectivity index (χ3v) is 6.94. The lowest BCUT2D eigenvalue weighted by Crippen LogP contribution is -2.52. The van der Waals surface area contributed by atoms with Gasteiger partial charge in [-0.15, -0.1) is 4.72 Å². The monoisotopic (exact) mass is 348 g/mol. The molecule has 0 saturated heterocycles. The first-order valence-electron chi connectivity index (χ1n) is 6.01. The van der Waals surface area contributed by atoms with E-state index in [1.165, 1.54) is 0 Å². The van der Waals surface area contributed by atoms with Crippen molar-refractivity contribution in [2.75, 3.05) is 0 Å². The van der Waals surface area contributed by atoms with Crippen LogP contribution in [-0.2, 0) is 16.5 Å². The summed E-state index contributed by atoms with van der Waals surface area (Å²) in [5, 5.41) is -0.248. The average Bonchev–Trinajstić information content (AvgIpc) is 2.27. The maximum atomic E-state index is 12.3. The Bertz CT molecular complexity index is 413. The Hall–Kier alpha value is 0.117. The van der Waals surface area contributed by atoms with Crippen LogP contribution in [0.1, 0.15) is 39.8 Å². The van der Waals surface area contributed by atoms with E-state index >= 15 is 0 Å². The zero-order valence-corrected chi connectivity index (χ0v) is 16.0. The lowest BCUT2D eigenvalue weighted by Gasteiger charge is -2.34. The molecule has 2 atom stereocenters. The van der Waals surface area contributed by atoms with Gasteiger partial charge in [-0.25, -0.2) is 0 Å². The molecule has 102 valence electrons. The van der Waals surface area contributed by atoms with Crippen LogP contribution in [0, 0.1) is 0 Å². The SMILES string of the molecule is CCC([SiH3])(N[S@+]([O-])C(C)(C)C)c1cc(Br)ccn1. The second-order valence-corrected chi connectivity index (χ2v) is 10.1. The first-order chi connectivity index (χ1) is 8.19. The summed E-state index contributed by atoms with van der Waals surface area (Å²) in [7, 11) is 0.849. The van der Waals surface area contributed by atoms with Gasteiger partial charge in [0.25, 0.3) is 0 Å². The van der Waals surface area contributed by atoms with Crippen molar-refractivity contribution in [2.24, 2.45) is 0 Å². The topological polar surface area (TPSA) is 48.0 Å². The Balaban J connectivity index is 2.99. The maximum absolute atomic E-state index is 12.3. The second kappa shape index (κ2) is 6.05. The van der Waals surface area contributed by atoms with Gasteiger partial charge in [0.05, 0.1) is 10.9 Å². The molecule has 0 fully saturated rings. The molecule has 0 aliphatic heterocycles. The van der Waals surface area contributed by atoms with Gasteiger partial charge < -0.3 is 4.55 Å². The lowest BCUT2D eigenvalue weighted by atomic mass is 10.1. The van der Waals surface area contributed by atoms with Gasteiger partial charge in [-0.2, -0.15) is 0 Å². The van der Waals surface area contributed by atoms with Gasteiger partial charge in [0.1, 0.15) is 4.75 Å². The fraction of sp³-hybridized carbons (Fsp3) is 0.583. The Morgan fingerprint density at radius 3 is 2.56 bits per heavy atom. The molecule has 0 radical (unpaired) electrons. The maximum Gasteiger partial charge on any atom is 0.136 e. The van der Waals surface area contributed by atoms with Crippen LogP contribution in [0.2, 0.25) is 0 Å². The third kappa shape index (κ3) is 4.06. The van der Waals surface area contributed by atoms with Gasteiger partial charge in [0.15, 0.2) is 0 Å². The standard InChI is InChI=1S/C12H21BrN2OSSi/c1-5-12(18,15-17(16)11(2,3)4)10-8-9(13)6-7-14-10/h6-8,15H,5H2,1-4,18H3/t12?,17-/m1/s1. The molecule has 1 aromatic heterocycles. The molecule has 0 bridgehead atoms. The molecular weight excluding hydrogens is 328 g/mol. The molecule has 1 aromatic rings. The molecule has 0 aliphatic carbocycles. The number of nitrogens with zero attached hydrogens (tertiary/aromatic N) is 1. The highest BCUT2D eigenvalue weighted by Crippen LogP contribution is 2.26. The summed E-state index contributed by atoms with van der Waals surface area (Å²) >= 11 is 2.38. The van der Waals surface area contributed by atoms with Gasteiger partial charge in [-0.3, -0.25) is 4.98 Å². The molecule has 0 saturated carbocycles. The van der Waals surface area contributed by atoms with Crippen molar-refractivity contribution in [3.05, 3.63) is 28.5 Å². The van der Waals surface area contributed by atoms with Crippen molar-refractivity contribution in [3.8, 4) is 0 Å². The quantitative estimate of drug-likeness (QED) is 0.666. The summed E-state index contributed by atoms with van der Waals surface area (Å²) in [5.74, 6) is 0. The predicted octanol–water partition coefficient (Wildman–Crippen LogP) is 1.82. The zero-order valence-electron chi connectivity index (χ0n) is 11.6. The van der Waals surface area contributed by atoms with Gasteiger partial charge in [0, 0.05) is 32.3 Å². The molecule has 1 N–H and O–H groups in total. The molecule has 1 heterocycles. The molecule has 18 heavy (non-hydrogen) atoms. The second-order valence-electron chi connectivity index (χ2n) is 5.53. The van der Waals surface area contributed by atoms with E-state index in [0.717, 1.165) is 26.8 Å². The highest BCUT2D eigenvalue weighted by molar-refractivity contribution is 9.10. The van der Waals surface area contributed by atoms with E-state index in [1.54, 1.807) is 6.20 Å². The minimum Gasteiger partial charge on any atom is -0.598 e. The van der Waals surface area contributed by atoms with Crippen LogP contribution in [0.4, 0.5) is 0 Å². The highest BCUT2D eigenvalue weighted by atomic mass is 79.9. The van der Waals surface area contributed by atoms with Crippen molar-refractivity contribution in [3.63, 3.8) is 0 Å². The number of pyridine rings is 1. The van der Waals surface area contributed by atoms with Crippen LogP contribution >= 0.6 is 15.9 Å². The fourth-order valence-corrected chi connectivity index (χ4v) is 3.50. The van der Waals surface area contributed by atoms with Crippen molar-refractivity contribution in [1.82, 2.24) is 9.71 Å². The van der Waals surface area contributed by atoms with Crippen molar-refractivity contribution < 1.29 is 4.55 Å². The minimum atomic E-state index is -1.08. The largest absolute Gasteiger partial charge is 0.598 e. The summed E-state index contributed by atoms with van der Waals surface area (Å²) in [4.78, 5) is 4.43. The Kier molecular flexibility index (Phi) is 5.43. The van der Waals surface area contributed by atoms with Gasteiger partial charge in [-0.1, -0.05) is 22.9 Å². The van der Waals surface area contributed by atoms with Gasteiger partial charge >= 0.3 is 0 Å². The minimum absolute atomic E-state index is 0.248. The Morgan fingerprint density at radius 2 is 2.11 bits per heavy atom. The molecule has 1 unspecified atom stereocenters. The Labute approximate surface area is 124 Å². The van der Waals surface area contributed by atoms with E-state index in [9.17, 15) is 4.55 Å². The zero-order chi connectivity index (χ0) is 14.0. The Morgan fingerprint density at radius 1 is 1.50 bits per heavy atom. The van der Waals surface area contributed by atoms with E-state index in [0.29, 0.717) is 0 Å². The number of nitrogens with one attached hydrogen (secondary N) is 1. The number of rotatable bonds is 4. The van der Waals surface area contributed by atoms with Crippen LogP contribution in [0.5, 0.6) is 0 Å². The van der Waals surface area contributed by atoms with Gasteiger partial charge in [0.2, 0.25) is 0 Å². The molecule has 0 aromatic carbocycles. The molecule has 0 amide bonds. The fourth-order valence-electron chi connectivity index (χ4n) is 1.37. The first kappa shape index (κ1) is 16.2. The van der Waals surface area contributed by atoms with Crippen LogP contribution in [-0.4, -0.2) is 24.5 Å². The number of aromatic nitrogens is 1. The summed E-state index contributed by atoms with van der Waals surface area (Å²) < 4.78 is 16.3. The van der Waals surface area contributed by atoms with Gasteiger partial charge in [-0.05, 0) is 39.3 Å². The van der Waals surface area contributed by atoms with Crippen molar-refractivity contribution in [2.45, 2.75) is 44.0 Å². The average molecular weight is 349 g/mol. The van der Waals surface area contributed by atoms with Crippen LogP contribution < -0.4 is 4.72 Å². The van der Waals surface area contributed by atoms with Crippen LogP contribution in [0.15, 0.2) is 22.8 Å². The molecular formula is C12H21BrN2OSSi. The van der Waals surface area contributed by atoms with Crippen molar-refractivity contribution >= 4 is 37.5 Å². The van der Waals surface area contributed by atoms with E-state index in [-0.39, 0.29) is 9.91 Å². The van der Waals surface area contributed by atoms with E-state index < -0.39 is 11.4 Å². The number of hydrogen-bond donors (Lipinski definition) is 1. The number of hydrogen-bond acceptors (Lipinski definition) is 3. The summed E-state index contributed by atoms with van der Waals surface area (Å²) in [6, 6.07) is 3.91. The molecule has 3 nitrogen and oxygen atoms in total. The predicted molar refractivity (Wildman–Crippen MR) is 84.9 cm³/mol. The highest BCUT2D eigenvalue weighted by Gasteiger charge is 2.36. The smallest absolute Gasteiger partial charge is 0.136 e.